The van der Waals surface area contributed by atoms with E-state index in [2.05, 4.69) is 44.2 Å². The molecule has 0 N–H and O–H groups in total. The summed E-state index contributed by atoms with van der Waals surface area (Å²) in [5, 5.41) is 0. The average Bonchev–Trinajstić information content (AvgIpc) is 2.29. The molecule has 0 spiro atoms. The molecule has 0 heterocycles. The third-order valence-electron chi connectivity index (χ3n) is 3.94. The van der Waals surface area contributed by atoms with E-state index in [9.17, 15) is 0 Å². The van der Waals surface area contributed by atoms with Crippen LogP contribution in [0.4, 0.5) is 0 Å². The summed E-state index contributed by atoms with van der Waals surface area (Å²) in [6.45, 7) is 4.61. The number of hydrogen-bond donors (Lipinski definition) is 0. The first kappa shape index (κ1) is 9.89. The lowest BCUT2D eigenvalue weighted by Gasteiger charge is -2.30. The van der Waals surface area contributed by atoms with E-state index in [1.54, 1.807) is 11.1 Å². The predicted octanol–water partition coefficient (Wildman–Crippen LogP) is 4.61. The fourth-order valence-electron chi connectivity index (χ4n) is 3.24. The van der Waals surface area contributed by atoms with Crippen LogP contribution in [0.3, 0.4) is 0 Å². The molecule has 1 aromatic rings. The molecule has 0 bridgehead atoms. The molecule has 0 nitrogen and oxygen atoms in total. The number of fused-ring (bicyclic) bond motifs is 2. The highest BCUT2D eigenvalue weighted by molar-refractivity contribution is 5.82. The second kappa shape index (κ2) is 3.62. The summed E-state index contributed by atoms with van der Waals surface area (Å²) >= 11 is 0. The van der Waals surface area contributed by atoms with E-state index in [1.165, 1.54) is 36.0 Å². The molecule has 2 aliphatic rings. The molecule has 0 radical (unpaired) electrons. The second-order valence-corrected chi connectivity index (χ2v) is 5.10. The molecule has 0 fully saturated rings. The second-order valence-electron chi connectivity index (χ2n) is 5.10. The van der Waals surface area contributed by atoms with Crippen molar-refractivity contribution in [2.45, 2.75) is 39.0 Å². The van der Waals surface area contributed by atoms with Crippen molar-refractivity contribution in [2.75, 3.05) is 0 Å². The van der Waals surface area contributed by atoms with E-state index >= 15 is 0 Å². The van der Waals surface area contributed by atoms with Gasteiger partial charge in [-0.25, -0.2) is 0 Å². The zero-order valence-corrected chi connectivity index (χ0v) is 10.1. The van der Waals surface area contributed by atoms with Crippen LogP contribution in [0.25, 0.3) is 5.57 Å². The summed E-state index contributed by atoms with van der Waals surface area (Å²) in [6, 6.07) is 6.73. The van der Waals surface area contributed by atoms with Gasteiger partial charge in [0.05, 0.1) is 0 Å². The normalized spacial score (nSPS) is 23.0. The van der Waals surface area contributed by atoms with Crippen molar-refractivity contribution in [3.05, 3.63) is 52.6 Å². The minimum atomic E-state index is 0.696. The smallest absolute Gasteiger partial charge is 0.0144 e. The van der Waals surface area contributed by atoms with Gasteiger partial charge < -0.3 is 0 Å². The highest BCUT2D eigenvalue weighted by Gasteiger charge is 2.24. The van der Waals surface area contributed by atoms with Gasteiger partial charge in [0.15, 0.2) is 0 Å². The van der Waals surface area contributed by atoms with E-state index in [0.717, 1.165) is 0 Å². The zero-order chi connectivity index (χ0) is 11.1. The highest BCUT2D eigenvalue weighted by atomic mass is 14.3. The molecule has 0 heteroatoms. The minimum Gasteiger partial charge on any atom is -0.0836 e. The minimum absolute atomic E-state index is 0.696. The van der Waals surface area contributed by atoms with E-state index in [1.807, 2.05) is 0 Å². The molecular weight excluding hydrogens is 192 g/mol. The van der Waals surface area contributed by atoms with E-state index in [4.69, 9.17) is 0 Å². The number of benzene rings is 1. The van der Waals surface area contributed by atoms with Crippen molar-refractivity contribution in [2.24, 2.45) is 0 Å². The Morgan fingerprint density at radius 2 is 2.12 bits per heavy atom. The fraction of sp³-hybridized carbons (Fsp3) is 0.375. The summed E-state index contributed by atoms with van der Waals surface area (Å²) in [5.41, 5.74) is 7.71. The van der Waals surface area contributed by atoms with Crippen LogP contribution in [0.15, 0.2) is 35.9 Å². The van der Waals surface area contributed by atoms with Gasteiger partial charge in [-0.2, -0.15) is 0 Å². The van der Waals surface area contributed by atoms with Crippen molar-refractivity contribution in [3.63, 3.8) is 0 Å². The Balaban J connectivity index is 2.24. The topological polar surface area (TPSA) is 0 Å². The Kier molecular flexibility index (Phi) is 2.24. The lowest BCUT2D eigenvalue weighted by molar-refractivity contribution is 0.700. The predicted molar refractivity (Wildman–Crippen MR) is 69.5 cm³/mol. The molecule has 0 aromatic heterocycles. The summed E-state index contributed by atoms with van der Waals surface area (Å²) < 4.78 is 0. The molecule has 16 heavy (non-hydrogen) atoms. The van der Waals surface area contributed by atoms with Crippen LogP contribution in [-0.4, -0.2) is 0 Å². The lowest BCUT2D eigenvalue weighted by atomic mass is 9.75. The van der Waals surface area contributed by atoms with Crippen LogP contribution in [0.2, 0.25) is 0 Å². The molecule has 0 aliphatic heterocycles. The van der Waals surface area contributed by atoms with E-state index < -0.39 is 0 Å². The van der Waals surface area contributed by atoms with Crippen LogP contribution < -0.4 is 0 Å². The molecule has 0 saturated carbocycles. The van der Waals surface area contributed by atoms with Gasteiger partial charge in [-0.1, -0.05) is 42.8 Å². The summed E-state index contributed by atoms with van der Waals surface area (Å²) in [4.78, 5) is 0. The first-order valence-corrected chi connectivity index (χ1v) is 6.26. The van der Waals surface area contributed by atoms with Gasteiger partial charge in [-0.3, -0.25) is 0 Å². The van der Waals surface area contributed by atoms with Crippen LogP contribution in [0.1, 0.15) is 48.8 Å². The average molecular weight is 210 g/mol. The van der Waals surface area contributed by atoms with Crippen molar-refractivity contribution >= 4 is 5.57 Å². The Bertz CT molecular complexity index is 489. The van der Waals surface area contributed by atoms with Crippen LogP contribution in [0.5, 0.6) is 0 Å². The monoisotopic (exact) mass is 210 g/mol. The Hall–Kier alpha value is -1.30. The molecule has 0 saturated heterocycles. The summed E-state index contributed by atoms with van der Waals surface area (Å²) in [5.74, 6) is 0.696. The first-order chi connectivity index (χ1) is 7.77. The number of aryl methyl sites for hydroxylation is 1. The quantitative estimate of drug-likeness (QED) is 0.586. The van der Waals surface area contributed by atoms with Gasteiger partial charge in [0.2, 0.25) is 0 Å². The van der Waals surface area contributed by atoms with E-state index in [-0.39, 0.29) is 0 Å². The van der Waals surface area contributed by atoms with Gasteiger partial charge in [0.1, 0.15) is 0 Å². The largest absolute Gasteiger partial charge is 0.0836 e. The van der Waals surface area contributed by atoms with E-state index in [0.29, 0.717) is 5.92 Å². The zero-order valence-electron chi connectivity index (χ0n) is 10.1. The van der Waals surface area contributed by atoms with Gasteiger partial charge in [0, 0.05) is 0 Å². The molecule has 1 atom stereocenters. The molecule has 0 amide bonds. The van der Waals surface area contributed by atoms with Crippen LogP contribution in [0, 0.1) is 6.92 Å². The summed E-state index contributed by atoms with van der Waals surface area (Å²) in [6.07, 6.45) is 8.41. The molecule has 2 aliphatic carbocycles. The van der Waals surface area contributed by atoms with Crippen molar-refractivity contribution in [1.29, 1.82) is 0 Å². The van der Waals surface area contributed by atoms with Crippen molar-refractivity contribution < 1.29 is 0 Å². The molecule has 1 unspecified atom stereocenters. The van der Waals surface area contributed by atoms with Gasteiger partial charge in [0.25, 0.3) is 0 Å². The maximum atomic E-state index is 2.37. The fourth-order valence-corrected chi connectivity index (χ4v) is 3.24. The Labute approximate surface area is 97.7 Å². The van der Waals surface area contributed by atoms with Crippen molar-refractivity contribution in [3.8, 4) is 0 Å². The number of hydrogen-bond acceptors (Lipinski definition) is 0. The summed E-state index contributed by atoms with van der Waals surface area (Å²) in [7, 11) is 0. The van der Waals surface area contributed by atoms with Crippen molar-refractivity contribution in [1.82, 2.24) is 0 Å². The first-order valence-electron chi connectivity index (χ1n) is 6.26. The third-order valence-corrected chi connectivity index (χ3v) is 3.94. The van der Waals surface area contributed by atoms with Gasteiger partial charge in [-0.15, -0.1) is 0 Å². The maximum Gasteiger partial charge on any atom is -0.0144 e. The van der Waals surface area contributed by atoms with Gasteiger partial charge >= 0.3 is 0 Å². The molecular formula is C16H18. The SMILES string of the molecule is Cc1cccc2c1C(C)CC1=C2C=CCC1. The standard InChI is InChI=1S/C16H18/c1-11-6-5-9-15-14-8-4-3-7-13(14)10-12(2)16(11)15/h4-6,8-9,12H,3,7,10H2,1-2H3. The maximum absolute atomic E-state index is 2.37. The Morgan fingerprint density at radius 1 is 1.25 bits per heavy atom. The number of rotatable bonds is 0. The third kappa shape index (κ3) is 1.36. The molecule has 3 rings (SSSR count). The van der Waals surface area contributed by atoms with Crippen LogP contribution in [-0.2, 0) is 0 Å². The Morgan fingerprint density at radius 3 is 3.00 bits per heavy atom. The molecule has 82 valence electrons. The highest BCUT2D eigenvalue weighted by Crippen LogP contribution is 2.43. The number of allylic oxidation sites excluding steroid dienone is 4. The lowest BCUT2D eigenvalue weighted by Crippen LogP contribution is -2.11. The van der Waals surface area contributed by atoms with Crippen LogP contribution >= 0.6 is 0 Å². The van der Waals surface area contributed by atoms with Gasteiger partial charge in [-0.05, 0) is 54.4 Å². The molecule has 1 aromatic carbocycles.